The Kier molecular flexibility index (Phi) is 5.77. The summed E-state index contributed by atoms with van der Waals surface area (Å²) >= 11 is 0. The molecule has 1 aromatic carbocycles. The predicted molar refractivity (Wildman–Crippen MR) is 80.0 cm³/mol. The first-order valence-corrected chi connectivity index (χ1v) is 7.38. The van der Waals surface area contributed by atoms with Crippen molar-refractivity contribution in [2.24, 2.45) is 0 Å². The van der Waals surface area contributed by atoms with Crippen LogP contribution in [0.1, 0.15) is 41.6 Å². The molecule has 1 saturated heterocycles. The van der Waals surface area contributed by atoms with E-state index in [1.54, 1.807) is 12.1 Å². The van der Waals surface area contributed by atoms with Crippen LogP contribution in [0.3, 0.4) is 0 Å². The minimum atomic E-state index is -1.05. The molecule has 0 saturated carbocycles. The Balaban J connectivity index is 1.84. The number of carboxylic acids is 1. The summed E-state index contributed by atoms with van der Waals surface area (Å²) in [5, 5.41) is 11.9. The quantitative estimate of drug-likeness (QED) is 0.804. The summed E-state index contributed by atoms with van der Waals surface area (Å²) < 4.78 is 10.5. The van der Waals surface area contributed by atoms with Crippen molar-refractivity contribution in [3.63, 3.8) is 0 Å². The molecule has 0 bridgehead atoms. The second kappa shape index (κ2) is 7.79. The molecule has 1 aliphatic heterocycles. The van der Waals surface area contributed by atoms with Gasteiger partial charge in [0.1, 0.15) is 11.3 Å². The van der Waals surface area contributed by atoms with Gasteiger partial charge in [-0.3, -0.25) is 4.79 Å². The zero-order valence-corrected chi connectivity index (χ0v) is 12.6. The number of hydrogen-bond donors (Lipinski definition) is 2. The highest BCUT2D eigenvalue weighted by atomic mass is 16.5. The first-order valence-electron chi connectivity index (χ1n) is 7.38. The SMILES string of the molecule is COc1ccc(CNC(=O)CCC2CCCO2)cc1C(=O)O. The van der Waals surface area contributed by atoms with E-state index in [0.717, 1.165) is 31.4 Å². The van der Waals surface area contributed by atoms with Crippen molar-refractivity contribution in [3.8, 4) is 5.75 Å². The molecule has 1 fully saturated rings. The molecule has 1 atom stereocenters. The largest absolute Gasteiger partial charge is 0.496 e. The molecule has 0 radical (unpaired) electrons. The number of carbonyl (C=O) groups excluding carboxylic acids is 1. The minimum absolute atomic E-state index is 0.0526. The number of methoxy groups -OCH3 is 1. The Hall–Kier alpha value is -2.08. The van der Waals surface area contributed by atoms with Crippen LogP contribution in [0, 0.1) is 0 Å². The van der Waals surface area contributed by atoms with Crippen molar-refractivity contribution >= 4 is 11.9 Å². The molecule has 0 aromatic heterocycles. The van der Waals surface area contributed by atoms with Gasteiger partial charge in [-0.1, -0.05) is 6.07 Å². The molecular formula is C16H21NO5. The Labute approximate surface area is 129 Å². The Morgan fingerprint density at radius 2 is 2.27 bits per heavy atom. The van der Waals surface area contributed by atoms with Crippen LogP contribution in [0.15, 0.2) is 18.2 Å². The maximum absolute atomic E-state index is 11.8. The van der Waals surface area contributed by atoms with Gasteiger partial charge in [0.15, 0.2) is 0 Å². The number of amides is 1. The highest BCUT2D eigenvalue weighted by Crippen LogP contribution is 2.20. The first kappa shape index (κ1) is 16.3. The van der Waals surface area contributed by atoms with E-state index < -0.39 is 5.97 Å². The number of carbonyl (C=O) groups is 2. The number of ether oxygens (including phenoxy) is 2. The third-order valence-corrected chi connectivity index (χ3v) is 3.70. The fraction of sp³-hybridized carbons (Fsp3) is 0.500. The fourth-order valence-electron chi connectivity index (χ4n) is 2.49. The van der Waals surface area contributed by atoms with Crippen LogP contribution in [-0.2, 0) is 16.1 Å². The van der Waals surface area contributed by atoms with Crippen LogP contribution < -0.4 is 10.1 Å². The number of benzene rings is 1. The third kappa shape index (κ3) is 4.46. The van der Waals surface area contributed by atoms with Gasteiger partial charge in [0.05, 0.1) is 13.2 Å². The summed E-state index contributed by atoms with van der Waals surface area (Å²) in [6, 6.07) is 4.85. The second-order valence-electron chi connectivity index (χ2n) is 5.29. The summed E-state index contributed by atoms with van der Waals surface area (Å²) in [6.07, 6.45) is 3.44. The summed E-state index contributed by atoms with van der Waals surface area (Å²) in [7, 11) is 1.42. The highest BCUT2D eigenvalue weighted by Gasteiger charge is 2.17. The van der Waals surface area contributed by atoms with Gasteiger partial charge in [-0.05, 0) is 37.0 Å². The van der Waals surface area contributed by atoms with Crippen LogP contribution in [-0.4, -0.2) is 36.8 Å². The lowest BCUT2D eigenvalue weighted by Gasteiger charge is -2.10. The molecule has 0 aliphatic carbocycles. The van der Waals surface area contributed by atoms with Gasteiger partial charge in [-0.25, -0.2) is 4.79 Å². The van der Waals surface area contributed by atoms with E-state index in [1.807, 2.05) is 0 Å². The summed E-state index contributed by atoms with van der Waals surface area (Å²) in [5.41, 5.74) is 0.817. The number of rotatable bonds is 7. The lowest BCUT2D eigenvalue weighted by atomic mass is 10.1. The van der Waals surface area contributed by atoms with E-state index in [-0.39, 0.29) is 17.6 Å². The molecule has 6 heteroatoms. The Bertz CT molecular complexity index is 537. The van der Waals surface area contributed by atoms with Gasteiger partial charge in [-0.15, -0.1) is 0 Å². The minimum Gasteiger partial charge on any atom is -0.496 e. The topological polar surface area (TPSA) is 84.9 Å². The molecule has 0 spiro atoms. The molecule has 120 valence electrons. The number of aromatic carboxylic acids is 1. The second-order valence-corrected chi connectivity index (χ2v) is 5.29. The molecule has 1 heterocycles. The molecule has 2 N–H and O–H groups in total. The van der Waals surface area contributed by atoms with Crippen LogP contribution in [0.2, 0.25) is 0 Å². The predicted octanol–water partition coefficient (Wildman–Crippen LogP) is 1.97. The summed E-state index contributed by atoms with van der Waals surface area (Å²) in [6.45, 7) is 1.09. The van der Waals surface area contributed by atoms with Crippen LogP contribution in [0.4, 0.5) is 0 Å². The van der Waals surface area contributed by atoms with Crippen molar-refractivity contribution in [1.29, 1.82) is 0 Å². The standard InChI is InChI=1S/C16H21NO5/c1-21-14-6-4-11(9-13(14)16(19)20)10-17-15(18)7-5-12-3-2-8-22-12/h4,6,9,12H,2-3,5,7-8,10H2,1H3,(H,17,18)(H,19,20). The maximum Gasteiger partial charge on any atom is 0.339 e. The lowest BCUT2D eigenvalue weighted by Crippen LogP contribution is -2.24. The smallest absolute Gasteiger partial charge is 0.339 e. The van der Waals surface area contributed by atoms with Gasteiger partial charge in [0.2, 0.25) is 5.91 Å². The van der Waals surface area contributed by atoms with Crippen molar-refractivity contribution in [2.45, 2.75) is 38.3 Å². The van der Waals surface area contributed by atoms with Crippen molar-refractivity contribution in [1.82, 2.24) is 5.32 Å². The lowest BCUT2D eigenvalue weighted by molar-refractivity contribution is -0.121. The Morgan fingerprint density at radius 1 is 1.45 bits per heavy atom. The van der Waals surface area contributed by atoms with E-state index in [9.17, 15) is 9.59 Å². The number of nitrogens with one attached hydrogen (secondary N) is 1. The monoisotopic (exact) mass is 307 g/mol. The molecule has 1 aromatic rings. The zero-order valence-electron chi connectivity index (χ0n) is 12.6. The van der Waals surface area contributed by atoms with Crippen LogP contribution in [0.5, 0.6) is 5.75 Å². The average Bonchev–Trinajstić information content (AvgIpc) is 3.04. The Morgan fingerprint density at radius 3 is 2.91 bits per heavy atom. The number of carboxylic acid groups (broad SMARTS) is 1. The van der Waals surface area contributed by atoms with E-state index in [0.29, 0.717) is 18.7 Å². The van der Waals surface area contributed by atoms with Gasteiger partial charge in [0, 0.05) is 19.6 Å². The summed E-state index contributed by atoms with van der Waals surface area (Å²) in [4.78, 5) is 22.9. The molecule has 1 aliphatic rings. The van der Waals surface area contributed by atoms with Gasteiger partial charge < -0.3 is 19.9 Å². The van der Waals surface area contributed by atoms with E-state index in [4.69, 9.17) is 14.6 Å². The zero-order chi connectivity index (χ0) is 15.9. The van der Waals surface area contributed by atoms with Crippen molar-refractivity contribution in [2.75, 3.05) is 13.7 Å². The molecule has 1 unspecified atom stereocenters. The molecule has 1 amide bonds. The van der Waals surface area contributed by atoms with Gasteiger partial charge in [-0.2, -0.15) is 0 Å². The molecular weight excluding hydrogens is 286 g/mol. The van der Waals surface area contributed by atoms with E-state index in [1.165, 1.54) is 13.2 Å². The van der Waals surface area contributed by atoms with Gasteiger partial charge >= 0.3 is 5.97 Å². The fourth-order valence-corrected chi connectivity index (χ4v) is 2.49. The van der Waals surface area contributed by atoms with Gasteiger partial charge in [0.25, 0.3) is 0 Å². The van der Waals surface area contributed by atoms with Crippen molar-refractivity contribution in [3.05, 3.63) is 29.3 Å². The van der Waals surface area contributed by atoms with E-state index in [2.05, 4.69) is 5.32 Å². The molecule has 6 nitrogen and oxygen atoms in total. The van der Waals surface area contributed by atoms with Crippen molar-refractivity contribution < 1.29 is 24.2 Å². The third-order valence-electron chi connectivity index (χ3n) is 3.70. The van der Waals surface area contributed by atoms with E-state index >= 15 is 0 Å². The molecule has 22 heavy (non-hydrogen) atoms. The number of hydrogen-bond acceptors (Lipinski definition) is 4. The van der Waals surface area contributed by atoms with Crippen LogP contribution >= 0.6 is 0 Å². The molecule has 2 rings (SSSR count). The summed E-state index contributed by atoms with van der Waals surface area (Å²) in [5.74, 6) is -0.799. The average molecular weight is 307 g/mol. The van der Waals surface area contributed by atoms with Crippen LogP contribution in [0.25, 0.3) is 0 Å². The first-order chi connectivity index (χ1) is 10.6. The normalized spacial score (nSPS) is 17.2. The highest BCUT2D eigenvalue weighted by molar-refractivity contribution is 5.91. The maximum atomic E-state index is 11.8.